The van der Waals surface area contributed by atoms with Gasteiger partial charge in [0.2, 0.25) is 0 Å². The Morgan fingerprint density at radius 3 is 1.05 bits per heavy atom. The molecule has 0 spiro atoms. The third-order valence-corrected chi connectivity index (χ3v) is 10.4. The van der Waals surface area contributed by atoms with Crippen LogP contribution in [0.2, 0.25) is 0 Å². The van der Waals surface area contributed by atoms with Gasteiger partial charge in [-0.15, -0.1) is 0 Å². The Morgan fingerprint density at radius 2 is 0.786 bits per heavy atom. The van der Waals surface area contributed by atoms with Crippen LogP contribution in [0.15, 0.2) is 0 Å². The van der Waals surface area contributed by atoms with Crippen molar-refractivity contribution >= 4 is 7.75 Å². The average Bonchev–Trinajstić information content (AvgIpc) is 2.93. The molecule has 256 valence electrons. The third kappa shape index (κ3) is 29.5. The van der Waals surface area contributed by atoms with E-state index in [2.05, 4.69) is 41.9 Å². The molecule has 0 fully saturated rings. The van der Waals surface area contributed by atoms with Crippen molar-refractivity contribution in [3.63, 3.8) is 0 Å². The molecule has 0 radical (unpaired) electrons. The smallest absolute Gasteiger partial charge is 0.408 e. The van der Waals surface area contributed by atoms with Crippen LogP contribution in [0.25, 0.3) is 0 Å². The monoisotopic (exact) mass is 730 g/mol. The number of hydrogen-bond donors (Lipinski definition) is 0. The largest absolute Gasteiger partial charge is 1.00 e. The number of quaternary nitrogens is 1. The topological polar surface area (TPSA) is 38.8 Å². The van der Waals surface area contributed by atoms with E-state index in [0.717, 1.165) is 43.3 Å². The van der Waals surface area contributed by atoms with E-state index in [4.69, 9.17) is 9.05 Å². The lowest BCUT2D eigenvalue weighted by Crippen LogP contribution is -3.00. The molecule has 0 N–H and O–H groups in total. The van der Waals surface area contributed by atoms with Crippen molar-refractivity contribution in [1.29, 1.82) is 0 Å². The van der Waals surface area contributed by atoms with Gasteiger partial charge in [-0.25, -0.2) is 9.24 Å². The average molecular weight is 731 g/mol. The fourth-order valence-corrected chi connectivity index (χ4v) is 7.12. The Kier molecular flexibility index (Phi) is 34.0. The van der Waals surface area contributed by atoms with Crippen LogP contribution in [-0.4, -0.2) is 63.1 Å². The summed E-state index contributed by atoms with van der Waals surface area (Å²) in [5.74, 6) is 0. The molecule has 0 saturated heterocycles. The van der Waals surface area contributed by atoms with Gasteiger partial charge in [-0.1, -0.05) is 162 Å². The van der Waals surface area contributed by atoms with E-state index < -0.39 is 7.75 Å². The minimum Gasteiger partial charge on any atom is -1.00 e. The Hall–Kier alpha value is 0.800. The highest BCUT2D eigenvalue weighted by atomic mass is 127. The van der Waals surface area contributed by atoms with Crippen LogP contribution in [0.5, 0.6) is 0 Å². The van der Waals surface area contributed by atoms with E-state index in [1.54, 1.807) is 0 Å². The second kappa shape index (κ2) is 31.8. The molecule has 5 nitrogen and oxygen atoms in total. The van der Waals surface area contributed by atoms with Gasteiger partial charge in [0.25, 0.3) is 0 Å². The molecule has 0 rings (SSSR count). The van der Waals surface area contributed by atoms with Crippen molar-refractivity contribution < 1.29 is 42.1 Å². The number of likely N-dealkylation sites (N-methyl/N-ethyl adjacent to an activating group) is 2. The molecular weight excluding hydrogens is 654 g/mol. The Balaban J connectivity index is 0. The fraction of sp³-hybridized carbons (Fsp3) is 1.00. The van der Waals surface area contributed by atoms with Crippen molar-refractivity contribution in [2.45, 2.75) is 175 Å². The van der Waals surface area contributed by atoms with Crippen LogP contribution in [0.4, 0.5) is 0 Å². The highest BCUT2D eigenvalue weighted by Crippen LogP contribution is 2.52. The molecule has 0 aliphatic heterocycles. The first-order chi connectivity index (χ1) is 19.8. The zero-order valence-corrected chi connectivity index (χ0v) is 32.5. The van der Waals surface area contributed by atoms with E-state index in [1.165, 1.54) is 128 Å². The van der Waals surface area contributed by atoms with Crippen LogP contribution < -0.4 is 24.0 Å². The van der Waals surface area contributed by atoms with Gasteiger partial charge in [0.05, 0.1) is 47.4 Å². The summed E-state index contributed by atoms with van der Waals surface area (Å²) in [4.78, 5) is 0. The number of unbranched alkanes of at least 4 members (excludes halogenated alkanes) is 22. The first kappa shape index (κ1) is 44.9. The molecule has 0 aromatic rings. The molecule has 7 heteroatoms. The van der Waals surface area contributed by atoms with Gasteiger partial charge < -0.3 is 28.5 Å². The zero-order chi connectivity index (χ0) is 30.5. The van der Waals surface area contributed by atoms with Gasteiger partial charge in [-0.05, 0) is 12.8 Å². The quantitative estimate of drug-likeness (QED) is 0.0294. The minimum absolute atomic E-state index is 0. The Bertz CT molecular complexity index is 555. The number of nitrogens with zero attached hydrogens (tertiary/aromatic N) is 2. The van der Waals surface area contributed by atoms with E-state index in [0.29, 0.717) is 19.8 Å². The normalized spacial score (nSPS) is 12.3. The SMILES string of the molecule is CCCCCCCCCCCCCCOP(=O)(OCCCCCCCCCCCCCC)N(CC)CC[N+](C)(C)C.[I-]. The molecule has 0 saturated carbocycles. The van der Waals surface area contributed by atoms with Crippen LogP contribution in [0, 0.1) is 0 Å². The maximum atomic E-state index is 13.9. The molecule has 0 atom stereocenters. The molecule has 0 amide bonds. The predicted octanol–water partition coefficient (Wildman–Crippen LogP) is 8.56. The van der Waals surface area contributed by atoms with Crippen molar-refractivity contribution in [2.24, 2.45) is 0 Å². The van der Waals surface area contributed by atoms with Gasteiger partial charge in [0.15, 0.2) is 0 Å². The van der Waals surface area contributed by atoms with Crippen LogP contribution in [0.3, 0.4) is 0 Å². The third-order valence-electron chi connectivity index (χ3n) is 8.25. The lowest BCUT2D eigenvalue weighted by Gasteiger charge is -2.32. The minimum atomic E-state index is -3.26. The highest BCUT2D eigenvalue weighted by molar-refractivity contribution is 7.51. The molecule has 0 unspecified atom stereocenters. The summed E-state index contributed by atoms with van der Waals surface area (Å²) in [6.07, 6.45) is 31.5. The fourth-order valence-electron chi connectivity index (χ4n) is 5.32. The lowest BCUT2D eigenvalue weighted by atomic mass is 10.1. The zero-order valence-electron chi connectivity index (χ0n) is 29.5. The maximum Gasteiger partial charge on any atom is 0.408 e. The van der Waals surface area contributed by atoms with E-state index in [1.807, 2.05) is 4.67 Å². The summed E-state index contributed by atoms with van der Waals surface area (Å²) in [5, 5.41) is 0. The first-order valence-electron chi connectivity index (χ1n) is 18.2. The van der Waals surface area contributed by atoms with Gasteiger partial charge in [-0.3, -0.25) is 9.05 Å². The maximum absolute atomic E-state index is 13.9. The first-order valence-corrected chi connectivity index (χ1v) is 19.7. The van der Waals surface area contributed by atoms with Crippen molar-refractivity contribution in [2.75, 3.05) is 54.0 Å². The Morgan fingerprint density at radius 1 is 0.500 bits per heavy atom. The second-order valence-corrected chi connectivity index (χ2v) is 15.5. The lowest BCUT2D eigenvalue weighted by molar-refractivity contribution is -0.869. The van der Waals surface area contributed by atoms with E-state index in [9.17, 15) is 4.57 Å². The highest BCUT2D eigenvalue weighted by Gasteiger charge is 2.33. The second-order valence-electron chi connectivity index (χ2n) is 13.5. The summed E-state index contributed by atoms with van der Waals surface area (Å²) in [5.41, 5.74) is 0. The van der Waals surface area contributed by atoms with Crippen molar-refractivity contribution in [3.05, 3.63) is 0 Å². The summed E-state index contributed by atoms with van der Waals surface area (Å²) in [6.45, 7) is 10.0. The number of hydrogen-bond acceptors (Lipinski definition) is 3. The molecule has 0 aromatic carbocycles. The predicted molar refractivity (Wildman–Crippen MR) is 182 cm³/mol. The molecule has 0 aliphatic rings. The van der Waals surface area contributed by atoms with Gasteiger partial charge in [0.1, 0.15) is 0 Å². The molecule has 0 heterocycles. The molecule has 0 aromatic heterocycles. The van der Waals surface area contributed by atoms with Crippen LogP contribution in [-0.2, 0) is 13.6 Å². The molecular formula is C35H76IN2O3P. The number of halogens is 1. The molecule has 42 heavy (non-hydrogen) atoms. The molecule has 0 bridgehead atoms. The van der Waals surface area contributed by atoms with Crippen molar-refractivity contribution in [1.82, 2.24) is 4.67 Å². The summed E-state index contributed by atoms with van der Waals surface area (Å²) < 4.78 is 28.9. The summed E-state index contributed by atoms with van der Waals surface area (Å²) in [6, 6.07) is 0. The van der Waals surface area contributed by atoms with Crippen LogP contribution in [0.1, 0.15) is 175 Å². The van der Waals surface area contributed by atoms with Crippen LogP contribution >= 0.6 is 7.75 Å². The van der Waals surface area contributed by atoms with Gasteiger partial charge in [0, 0.05) is 6.54 Å². The molecule has 0 aliphatic carbocycles. The van der Waals surface area contributed by atoms with E-state index in [-0.39, 0.29) is 24.0 Å². The van der Waals surface area contributed by atoms with Crippen molar-refractivity contribution in [3.8, 4) is 0 Å². The number of rotatable bonds is 33. The summed E-state index contributed by atoms with van der Waals surface area (Å²) in [7, 11) is 3.28. The Labute approximate surface area is 282 Å². The van der Waals surface area contributed by atoms with Gasteiger partial charge >= 0.3 is 7.75 Å². The summed E-state index contributed by atoms with van der Waals surface area (Å²) >= 11 is 0. The van der Waals surface area contributed by atoms with Gasteiger partial charge in [-0.2, -0.15) is 0 Å². The standard InChI is InChI=1S/C35H76N2O3P.HI/c1-7-10-12-14-16-18-20-22-24-26-28-30-34-39-41(38,36(9-3)32-33-37(4,5)6)40-35-31-29-27-25-23-21-19-17-15-13-11-8-2;/h7-35H2,1-6H3;1H/q+1;/p-1. The van der Waals surface area contributed by atoms with E-state index >= 15 is 0 Å².